The van der Waals surface area contributed by atoms with Crippen LogP contribution in [0.25, 0.3) is 0 Å². The maximum Gasteiger partial charge on any atom is 0.0558 e. The van der Waals surface area contributed by atoms with Gasteiger partial charge in [0, 0.05) is 35.9 Å². The minimum atomic E-state index is 0.196. The molecule has 0 saturated carbocycles. The van der Waals surface area contributed by atoms with Crippen LogP contribution < -0.4 is 5.32 Å². The van der Waals surface area contributed by atoms with E-state index in [1.807, 2.05) is 17.4 Å². The van der Waals surface area contributed by atoms with Crippen LogP contribution in [0.5, 0.6) is 0 Å². The van der Waals surface area contributed by atoms with Gasteiger partial charge in [-0.3, -0.25) is 4.90 Å². The Hall–Kier alpha value is -0.680. The third-order valence-electron chi connectivity index (χ3n) is 2.75. The zero-order valence-electron chi connectivity index (χ0n) is 12.1. The molecular weight excluding hydrogens is 256 g/mol. The van der Waals surface area contributed by atoms with Crippen LogP contribution in [0.2, 0.25) is 0 Å². The summed E-state index contributed by atoms with van der Waals surface area (Å²) in [5.74, 6) is 0.687. The first-order valence-electron chi connectivity index (χ1n) is 6.88. The van der Waals surface area contributed by atoms with Crippen LogP contribution in [0.15, 0.2) is 24.8 Å². The van der Waals surface area contributed by atoms with Crippen LogP contribution in [0.3, 0.4) is 0 Å². The third-order valence-corrected chi connectivity index (χ3v) is 3.82. The first kappa shape index (κ1) is 16.4. The molecule has 108 valence electrons. The fraction of sp³-hybridized carbons (Fsp3) is 0.600. The summed E-state index contributed by atoms with van der Waals surface area (Å²) in [5, 5.41) is 12.5. The van der Waals surface area contributed by atoms with E-state index in [0.29, 0.717) is 12.5 Å². The highest BCUT2D eigenvalue weighted by molar-refractivity contribution is 7.11. The van der Waals surface area contributed by atoms with Crippen molar-refractivity contribution in [1.82, 2.24) is 10.2 Å². The molecule has 19 heavy (non-hydrogen) atoms. The fourth-order valence-corrected chi connectivity index (χ4v) is 2.90. The SMILES string of the molecule is C=CCN(CCO)Cc1ccc(CNCC(C)C)s1. The normalized spacial score (nSPS) is 11.4. The predicted octanol–water partition coefficient (Wildman–Crippen LogP) is 2.47. The van der Waals surface area contributed by atoms with Gasteiger partial charge in [-0.1, -0.05) is 19.9 Å². The molecule has 0 unspecified atom stereocenters. The Labute approximate surface area is 121 Å². The second-order valence-electron chi connectivity index (χ2n) is 5.14. The Morgan fingerprint density at radius 1 is 1.42 bits per heavy atom. The Bertz CT molecular complexity index is 363. The molecule has 0 atom stereocenters. The molecule has 0 aliphatic carbocycles. The average molecular weight is 282 g/mol. The Balaban J connectivity index is 2.41. The highest BCUT2D eigenvalue weighted by Crippen LogP contribution is 2.18. The molecule has 4 heteroatoms. The summed E-state index contributed by atoms with van der Waals surface area (Å²) < 4.78 is 0. The molecule has 1 aromatic heterocycles. The van der Waals surface area contributed by atoms with Crippen LogP contribution in [0, 0.1) is 5.92 Å². The summed E-state index contributed by atoms with van der Waals surface area (Å²) >= 11 is 1.84. The van der Waals surface area contributed by atoms with Gasteiger partial charge in [-0.2, -0.15) is 0 Å². The molecule has 3 nitrogen and oxygen atoms in total. The summed E-state index contributed by atoms with van der Waals surface area (Å²) in [4.78, 5) is 4.92. The molecule has 0 aliphatic rings. The molecule has 0 radical (unpaired) electrons. The number of nitrogens with one attached hydrogen (secondary N) is 1. The largest absolute Gasteiger partial charge is 0.395 e. The fourth-order valence-electron chi connectivity index (χ4n) is 1.87. The van der Waals surface area contributed by atoms with E-state index >= 15 is 0 Å². The van der Waals surface area contributed by atoms with Gasteiger partial charge in [-0.05, 0) is 24.6 Å². The predicted molar refractivity (Wildman–Crippen MR) is 83.4 cm³/mol. The lowest BCUT2D eigenvalue weighted by molar-refractivity contribution is 0.204. The van der Waals surface area contributed by atoms with Crippen molar-refractivity contribution in [3.63, 3.8) is 0 Å². The Morgan fingerprint density at radius 2 is 2.16 bits per heavy atom. The van der Waals surface area contributed by atoms with Crippen molar-refractivity contribution in [2.45, 2.75) is 26.9 Å². The number of hydrogen-bond acceptors (Lipinski definition) is 4. The van der Waals surface area contributed by atoms with Crippen LogP contribution in [0.4, 0.5) is 0 Å². The van der Waals surface area contributed by atoms with Gasteiger partial charge in [0.25, 0.3) is 0 Å². The summed E-state index contributed by atoms with van der Waals surface area (Å²) in [7, 11) is 0. The molecule has 1 heterocycles. The molecule has 1 aromatic rings. The van der Waals surface area contributed by atoms with Crippen molar-refractivity contribution < 1.29 is 5.11 Å². The molecule has 2 N–H and O–H groups in total. The summed E-state index contributed by atoms with van der Waals surface area (Å²) in [5.41, 5.74) is 0. The summed E-state index contributed by atoms with van der Waals surface area (Å²) in [6.45, 7) is 12.8. The van der Waals surface area contributed by atoms with Crippen molar-refractivity contribution in [3.8, 4) is 0 Å². The molecule has 0 fully saturated rings. The Morgan fingerprint density at radius 3 is 2.79 bits per heavy atom. The lowest BCUT2D eigenvalue weighted by Crippen LogP contribution is -2.26. The minimum Gasteiger partial charge on any atom is -0.395 e. The maximum atomic E-state index is 9.03. The lowest BCUT2D eigenvalue weighted by atomic mass is 10.2. The Kier molecular flexibility index (Phi) is 7.98. The second kappa shape index (κ2) is 9.26. The standard InChI is InChI=1S/C15H26N2OS/c1-4-7-17(8-9-18)12-15-6-5-14(19-15)11-16-10-13(2)3/h4-6,13,16,18H,1,7-12H2,2-3H3. The van der Waals surface area contributed by atoms with Crippen LogP contribution in [0.1, 0.15) is 23.6 Å². The summed E-state index contributed by atoms with van der Waals surface area (Å²) in [6.07, 6.45) is 1.88. The number of rotatable bonds is 10. The molecule has 0 aromatic carbocycles. The highest BCUT2D eigenvalue weighted by Gasteiger charge is 2.06. The lowest BCUT2D eigenvalue weighted by Gasteiger charge is -2.18. The van der Waals surface area contributed by atoms with E-state index in [-0.39, 0.29) is 6.61 Å². The number of nitrogens with zero attached hydrogens (tertiary/aromatic N) is 1. The number of thiophene rings is 1. The van der Waals surface area contributed by atoms with E-state index in [2.05, 4.69) is 42.8 Å². The number of aliphatic hydroxyl groups excluding tert-OH is 1. The van der Waals surface area contributed by atoms with Gasteiger partial charge in [0.05, 0.1) is 6.61 Å². The number of aliphatic hydroxyl groups is 1. The van der Waals surface area contributed by atoms with Gasteiger partial charge in [-0.15, -0.1) is 17.9 Å². The third kappa shape index (κ3) is 6.87. The smallest absolute Gasteiger partial charge is 0.0558 e. The van der Waals surface area contributed by atoms with Gasteiger partial charge in [0.1, 0.15) is 0 Å². The van der Waals surface area contributed by atoms with Crippen molar-refractivity contribution in [2.75, 3.05) is 26.2 Å². The van der Waals surface area contributed by atoms with E-state index < -0.39 is 0 Å². The van der Waals surface area contributed by atoms with Crippen LogP contribution >= 0.6 is 11.3 Å². The molecule has 1 rings (SSSR count). The van der Waals surface area contributed by atoms with Crippen molar-refractivity contribution in [2.24, 2.45) is 5.92 Å². The van der Waals surface area contributed by atoms with Gasteiger partial charge in [0.15, 0.2) is 0 Å². The molecule has 0 spiro atoms. The molecular formula is C15H26N2OS. The maximum absolute atomic E-state index is 9.03. The first-order chi connectivity index (χ1) is 9.15. The molecule has 0 amide bonds. The molecule has 0 saturated heterocycles. The second-order valence-corrected chi connectivity index (χ2v) is 6.39. The van der Waals surface area contributed by atoms with Crippen molar-refractivity contribution in [1.29, 1.82) is 0 Å². The van der Waals surface area contributed by atoms with Gasteiger partial charge in [0.2, 0.25) is 0 Å². The zero-order chi connectivity index (χ0) is 14.1. The topological polar surface area (TPSA) is 35.5 Å². The quantitative estimate of drug-likeness (QED) is 0.647. The minimum absolute atomic E-state index is 0.196. The monoisotopic (exact) mass is 282 g/mol. The van der Waals surface area contributed by atoms with Crippen LogP contribution in [-0.2, 0) is 13.1 Å². The van der Waals surface area contributed by atoms with E-state index in [1.165, 1.54) is 9.75 Å². The van der Waals surface area contributed by atoms with Gasteiger partial charge < -0.3 is 10.4 Å². The molecule has 0 bridgehead atoms. The van der Waals surface area contributed by atoms with Gasteiger partial charge >= 0.3 is 0 Å². The van der Waals surface area contributed by atoms with Crippen molar-refractivity contribution >= 4 is 11.3 Å². The number of hydrogen-bond donors (Lipinski definition) is 2. The highest BCUT2D eigenvalue weighted by atomic mass is 32.1. The first-order valence-corrected chi connectivity index (χ1v) is 7.69. The van der Waals surface area contributed by atoms with Crippen molar-refractivity contribution in [3.05, 3.63) is 34.5 Å². The van der Waals surface area contributed by atoms with E-state index in [4.69, 9.17) is 5.11 Å². The van der Waals surface area contributed by atoms with Gasteiger partial charge in [-0.25, -0.2) is 0 Å². The van der Waals surface area contributed by atoms with E-state index in [9.17, 15) is 0 Å². The zero-order valence-corrected chi connectivity index (χ0v) is 12.9. The van der Waals surface area contributed by atoms with E-state index in [0.717, 1.165) is 26.2 Å². The average Bonchev–Trinajstić information content (AvgIpc) is 2.77. The van der Waals surface area contributed by atoms with E-state index in [1.54, 1.807) is 0 Å². The molecule has 0 aliphatic heterocycles. The van der Waals surface area contributed by atoms with Crippen LogP contribution in [-0.4, -0.2) is 36.2 Å². The summed E-state index contributed by atoms with van der Waals surface area (Å²) in [6, 6.07) is 4.38.